The first-order valence-electron chi connectivity index (χ1n) is 2.22. The van der Waals surface area contributed by atoms with E-state index in [2.05, 4.69) is 20.1 Å². The molecule has 0 saturated carbocycles. The summed E-state index contributed by atoms with van der Waals surface area (Å²) in [5, 5.41) is 0. The van der Waals surface area contributed by atoms with Crippen LogP contribution in [-0.2, 0) is 19.4 Å². The van der Waals surface area contributed by atoms with Gasteiger partial charge in [0, 0.05) is 0 Å². The first-order chi connectivity index (χ1) is 4.34. The minimum Gasteiger partial charge on any atom is -0.463 e. The average molecular weight is 131 g/mol. The van der Waals surface area contributed by atoms with Crippen molar-refractivity contribution in [1.82, 2.24) is 5.48 Å². The number of ether oxygens (including phenoxy) is 1. The molecule has 0 unspecified atom stereocenters. The van der Waals surface area contributed by atoms with Crippen LogP contribution in [0.5, 0.6) is 0 Å². The second kappa shape index (κ2) is 2.36. The second-order valence-electron chi connectivity index (χ2n) is 1.28. The van der Waals surface area contributed by atoms with Gasteiger partial charge in [0.1, 0.15) is 0 Å². The van der Waals surface area contributed by atoms with Crippen LogP contribution in [0.4, 0.5) is 0 Å². The summed E-state index contributed by atoms with van der Waals surface area (Å²) < 4.78 is 4.28. The highest BCUT2D eigenvalue weighted by Gasteiger charge is 2.16. The van der Waals surface area contributed by atoms with Crippen LogP contribution in [0, 0.1) is 0 Å². The van der Waals surface area contributed by atoms with Gasteiger partial charge in [-0.3, -0.25) is 0 Å². The molecule has 0 saturated heterocycles. The predicted molar refractivity (Wildman–Crippen MR) is 25.4 cm³/mol. The maximum Gasteiger partial charge on any atom is 0.379 e. The Labute approximate surface area is 51.1 Å². The highest BCUT2D eigenvalue weighted by molar-refractivity contribution is 5.85. The van der Waals surface area contributed by atoms with E-state index >= 15 is 0 Å². The molecule has 1 heterocycles. The molecule has 5 nitrogen and oxygen atoms in total. The van der Waals surface area contributed by atoms with Crippen molar-refractivity contribution in [2.24, 2.45) is 0 Å². The zero-order valence-electron chi connectivity index (χ0n) is 4.71. The fourth-order valence-electron chi connectivity index (χ4n) is 0.364. The molecule has 1 rings (SSSR count). The summed E-state index contributed by atoms with van der Waals surface area (Å²) in [5.41, 5.74) is 2.20. The molecule has 1 aliphatic heterocycles. The van der Waals surface area contributed by atoms with Gasteiger partial charge in [-0.2, -0.15) is 0 Å². The Kier molecular flexibility index (Phi) is 1.55. The van der Waals surface area contributed by atoms with E-state index in [1.807, 2.05) is 0 Å². The normalized spacial score (nSPS) is 15.4. The monoisotopic (exact) mass is 131 g/mol. The molecule has 9 heavy (non-hydrogen) atoms. The van der Waals surface area contributed by atoms with Crippen molar-refractivity contribution in [3.05, 3.63) is 12.0 Å². The SMILES string of the molecule is COC(=O)C1=CNOO1. The van der Waals surface area contributed by atoms with Crippen LogP contribution in [0.25, 0.3) is 0 Å². The number of hydrogen-bond acceptors (Lipinski definition) is 5. The summed E-state index contributed by atoms with van der Waals surface area (Å²) in [7, 11) is 1.25. The Morgan fingerprint density at radius 2 is 2.67 bits per heavy atom. The van der Waals surface area contributed by atoms with E-state index < -0.39 is 5.97 Å². The molecule has 0 aromatic carbocycles. The third-order valence-corrected chi connectivity index (χ3v) is 0.756. The topological polar surface area (TPSA) is 56.8 Å². The number of hydrogen-bond donors (Lipinski definition) is 1. The van der Waals surface area contributed by atoms with Gasteiger partial charge < -0.3 is 9.62 Å². The van der Waals surface area contributed by atoms with Gasteiger partial charge in [0.2, 0.25) is 0 Å². The van der Waals surface area contributed by atoms with Crippen molar-refractivity contribution < 1.29 is 19.4 Å². The van der Waals surface area contributed by atoms with Crippen LogP contribution < -0.4 is 5.48 Å². The van der Waals surface area contributed by atoms with Crippen LogP contribution in [-0.4, -0.2) is 13.1 Å². The molecule has 50 valence electrons. The number of methoxy groups -OCH3 is 1. The first-order valence-corrected chi connectivity index (χ1v) is 2.22. The smallest absolute Gasteiger partial charge is 0.379 e. The van der Waals surface area contributed by atoms with E-state index in [4.69, 9.17) is 0 Å². The van der Waals surface area contributed by atoms with Gasteiger partial charge in [-0.05, 0) is 0 Å². The van der Waals surface area contributed by atoms with Gasteiger partial charge >= 0.3 is 5.97 Å². The molecule has 0 atom stereocenters. The lowest BCUT2D eigenvalue weighted by molar-refractivity contribution is -0.275. The number of rotatable bonds is 1. The van der Waals surface area contributed by atoms with Crippen LogP contribution in [0.2, 0.25) is 0 Å². The lowest BCUT2D eigenvalue weighted by Crippen LogP contribution is -2.03. The standard InChI is InChI=1S/C4H5NO4/c1-7-4(6)3-2-5-9-8-3/h2,5H,1H3. The molecule has 0 aromatic rings. The summed E-state index contributed by atoms with van der Waals surface area (Å²) in [4.78, 5) is 18.9. The first kappa shape index (κ1) is 5.90. The Morgan fingerprint density at radius 3 is 3.11 bits per heavy atom. The summed E-state index contributed by atoms with van der Waals surface area (Å²) in [6, 6.07) is 0. The molecule has 0 aliphatic carbocycles. The van der Waals surface area contributed by atoms with Gasteiger partial charge in [-0.25, -0.2) is 10.3 Å². The van der Waals surface area contributed by atoms with E-state index in [1.165, 1.54) is 13.3 Å². The third kappa shape index (κ3) is 1.11. The second-order valence-corrected chi connectivity index (χ2v) is 1.28. The van der Waals surface area contributed by atoms with Crippen LogP contribution in [0.15, 0.2) is 12.0 Å². The number of esters is 1. The van der Waals surface area contributed by atoms with Crippen molar-refractivity contribution in [2.75, 3.05) is 7.11 Å². The third-order valence-electron chi connectivity index (χ3n) is 0.756. The van der Waals surface area contributed by atoms with Gasteiger partial charge in [-0.15, -0.1) is 0 Å². The van der Waals surface area contributed by atoms with Gasteiger partial charge in [0.05, 0.1) is 13.3 Å². The minimum absolute atomic E-state index is 0.0116. The van der Waals surface area contributed by atoms with Gasteiger partial charge in [-0.1, -0.05) is 4.99 Å². The number of carbonyl (C=O) groups is 1. The van der Waals surface area contributed by atoms with E-state index in [-0.39, 0.29) is 5.76 Å². The van der Waals surface area contributed by atoms with Crippen molar-refractivity contribution in [2.45, 2.75) is 0 Å². The highest BCUT2D eigenvalue weighted by Crippen LogP contribution is 2.02. The summed E-state index contributed by atoms with van der Waals surface area (Å²) >= 11 is 0. The van der Waals surface area contributed by atoms with Crippen LogP contribution in [0.3, 0.4) is 0 Å². The molecule has 5 heteroatoms. The quantitative estimate of drug-likeness (QED) is 0.383. The van der Waals surface area contributed by atoms with Crippen LogP contribution >= 0.6 is 0 Å². The van der Waals surface area contributed by atoms with Gasteiger partial charge in [0.25, 0.3) is 5.76 Å². The lowest BCUT2D eigenvalue weighted by Gasteiger charge is -1.94. The largest absolute Gasteiger partial charge is 0.463 e. The Bertz CT molecular complexity index is 153. The Balaban J connectivity index is 2.51. The zero-order chi connectivity index (χ0) is 6.69. The molecular weight excluding hydrogens is 126 g/mol. The number of nitrogens with one attached hydrogen (secondary N) is 1. The Morgan fingerprint density at radius 1 is 1.89 bits per heavy atom. The fourth-order valence-corrected chi connectivity index (χ4v) is 0.364. The molecule has 0 radical (unpaired) electrons. The molecule has 0 spiro atoms. The molecule has 1 aliphatic rings. The molecule has 0 bridgehead atoms. The average Bonchev–Trinajstić information content (AvgIpc) is 2.37. The zero-order valence-corrected chi connectivity index (χ0v) is 4.71. The molecule has 0 aromatic heterocycles. The van der Waals surface area contributed by atoms with E-state index in [9.17, 15) is 4.79 Å². The highest BCUT2D eigenvalue weighted by atomic mass is 17.3. The summed E-state index contributed by atoms with van der Waals surface area (Å²) in [6.45, 7) is 0. The van der Waals surface area contributed by atoms with Crippen molar-refractivity contribution in [3.63, 3.8) is 0 Å². The number of hydroxylamine groups is 1. The van der Waals surface area contributed by atoms with Crippen molar-refractivity contribution in [3.8, 4) is 0 Å². The number of carbonyl (C=O) groups excluding carboxylic acids is 1. The van der Waals surface area contributed by atoms with Crippen molar-refractivity contribution >= 4 is 5.97 Å². The van der Waals surface area contributed by atoms with Gasteiger partial charge in [0.15, 0.2) is 0 Å². The maximum atomic E-state index is 10.5. The predicted octanol–water partition coefficient (Wildman–Crippen LogP) is -0.533. The minimum atomic E-state index is -0.569. The van der Waals surface area contributed by atoms with E-state index in [1.54, 1.807) is 0 Å². The van der Waals surface area contributed by atoms with E-state index in [0.29, 0.717) is 0 Å². The van der Waals surface area contributed by atoms with E-state index in [0.717, 1.165) is 0 Å². The molecular formula is C4H5NO4. The molecule has 1 N–H and O–H groups in total. The lowest BCUT2D eigenvalue weighted by atomic mass is 10.5. The van der Waals surface area contributed by atoms with Crippen molar-refractivity contribution in [1.29, 1.82) is 0 Å². The Hall–Kier alpha value is -1.23. The molecule has 0 amide bonds. The van der Waals surface area contributed by atoms with Crippen LogP contribution in [0.1, 0.15) is 0 Å². The summed E-state index contributed by atoms with van der Waals surface area (Å²) in [5.74, 6) is -0.558. The fraction of sp³-hybridized carbons (Fsp3) is 0.250. The summed E-state index contributed by atoms with van der Waals surface area (Å²) in [6.07, 6.45) is 1.26. The maximum absolute atomic E-state index is 10.5. The molecule has 0 fully saturated rings.